The van der Waals surface area contributed by atoms with Gasteiger partial charge in [-0.1, -0.05) is 24.3 Å². The number of carbonyl (C=O) groups is 1. The molecular weight excluding hydrogens is 326 g/mol. The van der Waals surface area contributed by atoms with E-state index in [0.29, 0.717) is 5.56 Å². The maximum atomic E-state index is 11.0. The molecule has 0 aromatic heterocycles. The van der Waals surface area contributed by atoms with E-state index in [1.54, 1.807) is 0 Å². The summed E-state index contributed by atoms with van der Waals surface area (Å²) >= 11 is 0. The van der Waals surface area contributed by atoms with Crippen molar-refractivity contribution in [1.29, 1.82) is 5.26 Å². The summed E-state index contributed by atoms with van der Waals surface area (Å²) in [5.41, 5.74) is 13.3. The first-order valence-corrected chi connectivity index (χ1v) is 8.80. The van der Waals surface area contributed by atoms with Crippen molar-refractivity contribution in [3.8, 4) is 17.2 Å². The fourth-order valence-corrected chi connectivity index (χ4v) is 4.11. The number of fused-ring (bicyclic) bond motifs is 2. The summed E-state index contributed by atoms with van der Waals surface area (Å²) in [4.78, 5) is 11.0. The van der Waals surface area contributed by atoms with E-state index in [9.17, 15) is 4.79 Å². The van der Waals surface area contributed by atoms with Crippen LogP contribution in [0.25, 0.3) is 11.1 Å². The lowest BCUT2D eigenvalue weighted by atomic mass is 9.74. The van der Waals surface area contributed by atoms with Crippen molar-refractivity contribution in [2.75, 3.05) is 25.0 Å². The van der Waals surface area contributed by atoms with Crippen LogP contribution < -0.4 is 16.5 Å². The zero-order valence-corrected chi connectivity index (χ0v) is 14.5. The number of urea groups is 1. The number of amides is 2. The zero-order valence-electron chi connectivity index (χ0n) is 14.5. The highest BCUT2D eigenvalue weighted by atomic mass is 16.2. The number of nitrogens with two attached hydrogens (primary N) is 1. The van der Waals surface area contributed by atoms with Crippen LogP contribution in [0.4, 0.5) is 10.5 Å². The van der Waals surface area contributed by atoms with Crippen LogP contribution in [-0.2, 0) is 5.41 Å². The molecule has 132 valence electrons. The Morgan fingerprint density at radius 1 is 1.19 bits per heavy atom. The van der Waals surface area contributed by atoms with Crippen molar-refractivity contribution in [1.82, 2.24) is 10.4 Å². The van der Waals surface area contributed by atoms with Gasteiger partial charge in [-0.25, -0.2) is 9.80 Å². The first kappa shape index (κ1) is 16.4. The molecule has 0 radical (unpaired) electrons. The summed E-state index contributed by atoms with van der Waals surface area (Å²) in [6, 6.07) is 15.9. The Morgan fingerprint density at radius 2 is 1.96 bits per heavy atom. The average Bonchev–Trinajstić information content (AvgIpc) is 3.01. The van der Waals surface area contributed by atoms with Crippen molar-refractivity contribution in [3.05, 3.63) is 53.6 Å². The Labute approximate surface area is 152 Å². The predicted molar refractivity (Wildman–Crippen MR) is 100 cm³/mol. The summed E-state index contributed by atoms with van der Waals surface area (Å²) in [5, 5.41) is 14.6. The molecule has 2 amide bonds. The highest BCUT2D eigenvalue weighted by molar-refractivity contribution is 5.74. The number of anilines is 1. The van der Waals surface area contributed by atoms with E-state index in [2.05, 4.69) is 35.0 Å². The van der Waals surface area contributed by atoms with Gasteiger partial charge in [-0.2, -0.15) is 5.26 Å². The lowest BCUT2D eigenvalue weighted by Crippen LogP contribution is -2.52. The van der Waals surface area contributed by atoms with Crippen LogP contribution in [0.5, 0.6) is 0 Å². The van der Waals surface area contributed by atoms with Gasteiger partial charge in [0.15, 0.2) is 0 Å². The number of carbonyl (C=O) groups excluding carboxylic acids is 1. The van der Waals surface area contributed by atoms with E-state index in [1.165, 1.54) is 11.3 Å². The van der Waals surface area contributed by atoms with Crippen molar-refractivity contribution < 1.29 is 4.79 Å². The number of benzene rings is 2. The van der Waals surface area contributed by atoms with E-state index in [1.807, 2.05) is 29.3 Å². The van der Waals surface area contributed by atoms with Crippen molar-refractivity contribution in [3.63, 3.8) is 0 Å². The van der Waals surface area contributed by atoms with Crippen LogP contribution in [0.2, 0.25) is 0 Å². The summed E-state index contributed by atoms with van der Waals surface area (Å²) in [6.45, 7) is 2.49. The topological polar surface area (TPSA) is 94.2 Å². The Morgan fingerprint density at radius 3 is 2.69 bits per heavy atom. The second kappa shape index (κ2) is 6.36. The Kier molecular flexibility index (Phi) is 4.02. The van der Waals surface area contributed by atoms with Gasteiger partial charge in [0.1, 0.15) is 0 Å². The Hall–Kier alpha value is -3.04. The van der Waals surface area contributed by atoms with E-state index in [0.717, 1.165) is 43.6 Å². The molecule has 2 heterocycles. The van der Waals surface area contributed by atoms with Gasteiger partial charge in [0, 0.05) is 30.7 Å². The molecule has 2 aromatic carbocycles. The predicted octanol–water partition coefficient (Wildman–Crippen LogP) is 2.57. The molecule has 1 spiro atoms. The summed E-state index contributed by atoms with van der Waals surface area (Å²) in [6.07, 6.45) is 1.94. The van der Waals surface area contributed by atoms with Gasteiger partial charge in [-0.15, -0.1) is 0 Å². The summed E-state index contributed by atoms with van der Waals surface area (Å²) < 4.78 is 0. The Balaban J connectivity index is 1.58. The number of primary amides is 1. The van der Waals surface area contributed by atoms with Gasteiger partial charge in [0.05, 0.1) is 11.6 Å². The van der Waals surface area contributed by atoms with Crippen LogP contribution >= 0.6 is 0 Å². The van der Waals surface area contributed by atoms with Gasteiger partial charge < -0.3 is 11.1 Å². The second-order valence-electron chi connectivity index (χ2n) is 7.05. The first-order valence-electron chi connectivity index (χ1n) is 8.80. The van der Waals surface area contributed by atoms with Gasteiger partial charge in [0.25, 0.3) is 0 Å². The lowest BCUT2D eigenvalue weighted by molar-refractivity contribution is 0.124. The lowest BCUT2D eigenvalue weighted by Gasteiger charge is -2.39. The van der Waals surface area contributed by atoms with Crippen LogP contribution in [0.3, 0.4) is 0 Å². The standard InChI is InChI=1S/C20H21N5O/c21-12-14-2-1-3-15(10-14)16-4-5-17-18(11-16)23-13-20(17)6-8-25(9-7-20)24-19(22)26/h1-5,10-11,23H,6-9,13H2,(H3,22,24,26). The van der Waals surface area contributed by atoms with E-state index in [4.69, 9.17) is 11.0 Å². The molecule has 0 bridgehead atoms. The monoisotopic (exact) mass is 347 g/mol. The number of hydrogen-bond acceptors (Lipinski definition) is 4. The summed E-state index contributed by atoms with van der Waals surface area (Å²) in [7, 11) is 0. The molecular formula is C20H21N5O. The first-order chi connectivity index (χ1) is 12.6. The number of nitriles is 1. The number of nitrogens with zero attached hydrogens (tertiary/aromatic N) is 2. The quantitative estimate of drug-likeness (QED) is 0.778. The van der Waals surface area contributed by atoms with Gasteiger partial charge in [-0.05, 0) is 47.7 Å². The van der Waals surface area contributed by atoms with E-state index in [-0.39, 0.29) is 5.41 Å². The number of hydrogen-bond donors (Lipinski definition) is 3. The highest BCUT2D eigenvalue weighted by Crippen LogP contribution is 2.45. The molecule has 4 N–H and O–H groups in total. The van der Waals surface area contributed by atoms with Crippen molar-refractivity contribution in [2.24, 2.45) is 5.73 Å². The van der Waals surface area contributed by atoms with Crippen LogP contribution in [-0.4, -0.2) is 30.7 Å². The molecule has 0 unspecified atom stereocenters. The molecule has 4 rings (SSSR count). The van der Waals surface area contributed by atoms with Crippen LogP contribution in [0.1, 0.15) is 24.0 Å². The normalized spacial score (nSPS) is 18.0. The molecule has 0 saturated carbocycles. The molecule has 0 atom stereocenters. The molecule has 1 fully saturated rings. The fourth-order valence-electron chi connectivity index (χ4n) is 4.11. The van der Waals surface area contributed by atoms with Gasteiger partial charge in [-0.3, -0.25) is 5.43 Å². The molecule has 6 heteroatoms. The average molecular weight is 347 g/mol. The molecule has 0 aliphatic carbocycles. The zero-order chi connectivity index (χ0) is 18.1. The minimum Gasteiger partial charge on any atom is -0.384 e. The number of hydrazine groups is 1. The Bertz CT molecular complexity index is 893. The maximum Gasteiger partial charge on any atom is 0.326 e. The third-order valence-corrected chi connectivity index (χ3v) is 5.52. The third-order valence-electron chi connectivity index (χ3n) is 5.52. The van der Waals surface area contributed by atoms with Gasteiger partial charge in [0.2, 0.25) is 0 Å². The number of nitrogens with one attached hydrogen (secondary N) is 2. The van der Waals surface area contributed by atoms with Crippen LogP contribution in [0, 0.1) is 11.3 Å². The SMILES string of the molecule is N#Cc1cccc(-c2ccc3c(c2)NCC32CCN(NC(N)=O)CC2)c1. The molecule has 2 aliphatic rings. The van der Waals surface area contributed by atoms with Crippen molar-refractivity contribution >= 4 is 11.7 Å². The largest absolute Gasteiger partial charge is 0.384 e. The van der Waals surface area contributed by atoms with E-state index < -0.39 is 6.03 Å². The molecule has 2 aliphatic heterocycles. The second-order valence-corrected chi connectivity index (χ2v) is 7.05. The van der Waals surface area contributed by atoms with E-state index >= 15 is 0 Å². The number of rotatable bonds is 2. The molecule has 2 aromatic rings. The maximum absolute atomic E-state index is 11.0. The minimum atomic E-state index is -0.505. The fraction of sp³-hybridized carbons (Fsp3) is 0.300. The third kappa shape index (κ3) is 2.87. The molecule has 26 heavy (non-hydrogen) atoms. The number of piperidine rings is 1. The molecule has 1 saturated heterocycles. The smallest absolute Gasteiger partial charge is 0.326 e. The van der Waals surface area contributed by atoms with Crippen LogP contribution in [0.15, 0.2) is 42.5 Å². The minimum absolute atomic E-state index is 0.109. The van der Waals surface area contributed by atoms with Gasteiger partial charge >= 0.3 is 6.03 Å². The summed E-state index contributed by atoms with van der Waals surface area (Å²) in [5.74, 6) is 0. The molecule has 6 nitrogen and oxygen atoms in total. The highest BCUT2D eigenvalue weighted by Gasteiger charge is 2.41. The van der Waals surface area contributed by atoms with Crippen molar-refractivity contribution in [2.45, 2.75) is 18.3 Å².